The SMILES string of the molecule is CCCCS/C=C(\SCCCC)C(C)(C)C. The first-order chi connectivity index (χ1) is 7.52. The first kappa shape index (κ1) is 16.4. The molecular weight excluding hydrogens is 232 g/mol. The van der Waals surface area contributed by atoms with E-state index in [-0.39, 0.29) is 0 Å². The van der Waals surface area contributed by atoms with Crippen molar-refractivity contribution in [3.05, 3.63) is 10.3 Å². The second kappa shape index (κ2) is 9.47. The molecule has 0 unspecified atom stereocenters. The predicted octanol–water partition coefficient (Wildman–Crippen LogP) is 5.94. The number of unbranched alkanes of at least 4 members (excludes halogenated alkanes) is 2. The van der Waals surface area contributed by atoms with Gasteiger partial charge in [-0.05, 0) is 40.1 Å². The lowest BCUT2D eigenvalue weighted by Gasteiger charge is -2.22. The molecule has 0 aliphatic carbocycles. The number of allylic oxidation sites excluding steroid dienone is 1. The zero-order valence-electron chi connectivity index (χ0n) is 11.6. The molecule has 0 aliphatic rings. The Hall–Kier alpha value is 0.440. The van der Waals surface area contributed by atoms with E-state index < -0.39 is 0 Å². The molecule has 0 saturated heterocycles. The van der Waals surface area contributed by atoms with Crippen molar-refractivity contribution in [3.8, 4) is 0 Å². The van der Waals surface area contributed by atoms with E-state index in [1.54, 1.807) is 4.91 Å². The van der Waals surface area contributed by atoms with Gasteiger partial charge in [-0.25, -0.2) is 0 Å². The maximum atomic E-state index is 2.40. The molecule has 2 heteroatoms. The summed E-state index contributed by atoms with van der Waals surface area (Å²) in [5.74, 6) is 2.54. The molecular formula is C14H28S2. The minimum absolute atomic E-state index is 0.317. The highest BCUT2D eigenvalue weighted by Crippen LogP contribution is 2.36. The van der Waals surface area contributed by atoms with Crippen LogP contribution in [-0.4, -0.2) is 11.5 Å². The van der Waals surface area contributed by atoms with Crippen LogP contribution in [0.3, 0.4) is 0 Å². The van der Waals surface area contributed by atoms with E-state index in [1.807, 2.05) is 11.8 Å². The van der Waals surface area contributed by atoms with Gasteiger partial charge in [0.25, 0.3) is 0 Å². The largest absolute Gasteiger partial charge is 0.133 e. The van der Waals surface area contributed by atoms with Gasteiger partial charge in [-0.2, -0.15) is 0 Å². The third kappa shape index (κ3) is 8.58. The van der Waals surface area contributed by atoms with Gasteiger partial charge in [0.05, 0.1) is 0 Å². The average molecular weight is 261 g/mol. The quantitative estimate of drug-likeness (QED) is 0.495. The summed E-state index contributed by atoms with van der Waals surface area (Å²) in [5, 5.41) is 2.40. The molecule has 0 radical (unpaired) electrons. The monoisotopic (exact) mass is 260 g/mol. The summed E-state index contributed by atoms with van der Waals surface area (Å²) in [6.45, 7) is 11.5. The normalized spacial score (nSPS) is 13.2. The fourth-order valence-electron chi connectivity index (χ4n) is 1.12. The van der Waals surface area contributed by atoms with Crippen LogP contribution in [0, 0.1) is 5.41 Å². The molecule has 0 rings (SSSR count). The summed E-state index contributed by atoms with van der Waals surface area (Å²) in [4.78, 5) is 1.56. The standard InChI is InChI=1S/C14H28S2/c1-6-8-10-15-12-13(14(3,4)5)16-11-9-7-2/h12H,6-11H2,1-5H3/b13-12-. The second-order valence-corrected chi connectivity index (χ2v) is 7.27. The summed E-state index contributed by atoms with van der Waals surface area (Å²) in [5.41, 5.74) is 0.317. The van der Waals surface area contributed by atoms with E-state index in [0.29, 0.717) is 5.41 Å². The van der Waals surface area contributed by atoms with Crippen LogP contribution >= 0.6 is 23.5 Å². The Morgan fingerprint density at radius 3 is 2.06 bits per heavy atom. The molecule has 0 N–H and O–H groups in total. The highest BCUT2D eigenvalue weighted by molar-refractivity contribution is 8.06. The molecule has 0 saturated carbocycles. The molecule has 0 nitrogen and oxygen atoms in total. The Kier molecular flexibility index (Phi) is 9.73. The number of thioether (sulfide) groups is 2. The third-order valence-corrected chi connectivity index (χ3v) is 4.91. The predicted molar refractivity (Wildman–Crippen MR) is 82.3 cm³/mol. The fraction of sp³-hybridized carbons (Fsp3) is 0.857. The molecule has 0 aromatic heterocycles. The smallest absolute Gasteiger partial charge is 0.00230 e. The summed E-state index contributed by atoms with van der Waals surface area (Å²) >= 11 is 4.04. The van der Waals surface area contributed by atoms with Gasteiger partial charge in [-0.15, -0.1) is 23.5 Å². The lowest BCUT2D eigenvalue weighted by atomic mass is 9.97. The molecule has 0 atom stereocenters. The van der Waals surface area contributed by atoms with Crippen molar-refractivity contribution in [1.29, 1.82) is 0 Å². The summed E-state index contributed by atoms with van der Waals surface area (Å²) in [6, 6.07) is 0. The molecule has 0 heterocycles. The van der Waals surface area contributed by atoms with Crippen molar-refractivity contribution >= 4 is 23.5 Å². The Bertz CT molecular complexity index is 189. The van der Waals surface area contributed by atoms with Crippen molar-refractivity contribution < 1.29 is 0 Å². The van der Waals surface area contributed by atoms with E-state index in [0.717, 1.165) is 0 Å². The minimum Gasteiger partial charge on any atom is -0.133 e. The van der Waals surface area contributed by atoms with Crippen molar-refractivity contribution in [1.82, 2.24) is 0 Å². The summed E-state index contributed by atoms with van der Waals surface area (Å²) < 4.78 is 0. The molecule has 0 aromatic rings. The summed E-state index contributed by atoms with van der Waals surface area (Å²) in [6.07, 6.45) is 5.26. The highest BCUT2D eigenvalue weighted by Gasteiger charge is 2.16. The van der Waals surface area contributed by atoms with E-state index in [9.17, 15) is 0 Å². The van der Waals surface area contributed by atoms with Gasteiger partial charge in [0.15, 0.2) is 0 Å². The van der Waals surface area contributed by atoms with Crippen LogP contribution in [-0.2, 0) is 0 Å². The molecule has 0 amide bonds. The number of rotatable bonds is 8. The van der Waals surface area contributed by atoms with Crippen LogP contribution in [0.2, 0.25) is 0 Å². The van der Waals surface area contributed by atoms with Gasteiger partial charge in [0.1, 0.15) is 0 Å². The zero-order valence-corrected chi connectivity index (χ0v) is 13.3. The van der Waals surface area contributed by atoms with E-state index in [4.69, 9.17) is 0 Å². The molecule has 0 aliphatic heterocycles. The number of hydrogen-bond donors (Lipinski definition) is 0. The third-order valence-electron chi connectivity index (χ3n) is 2.30. The van der Waals surface area contributed by atoms with Gasteiger partial charge in [0, 0.05) is 0 Å². The van der Waals surface area contributed by atoms with E-state index in [2.05, 4.69) is 51.8 Å². The molecule has 96 valence electrons. The second-order valence-electron chi connectivity index (χ2n) is 5.16. The van der Waals surface area contributed by atoms with Crippen molar-refractivity contribution in [2.75, 3.05) is 11.5 Å². The van der Waals surface area contributed by atoms with Crippen LogP contribution in [0.25, 0.3) is 0 Å². The van der Waals surface area contributed by atoms with Gasteiger partial charge in [-0.1, -0.05) is 47.5 Å². The first-order valence-electron chi connectivity index (χ1n) is 6.47. The Balaban J connectivity index is 4.09. The molecule has 0 spiro atoms. The van der Waals surface area contributed by atoms with Crippen molar-refractivity contribution in [2.24, 2.45) is 5.41 Å². The Morgan fingerprint density at radius 2 is 1.56 bits per heavy atom. The maximum Gasteiger partial charge on any atom is -0.00230 e. The lowest BCUT2D eigenvalue weighted by molar-refractivity contribution is 0.534. The minimum atomic E-state index is 0.317. The fourth-order valence-corrected chi connectivity index (χ4v) is 3.76. The number of hydrogen-bond acceptors (Lipinski definition) is 2. The van der Waals surface area contributed by atoms with Crippen LogP contribution in [0.5, 0.6) is 0 Å². The molecule has 0 aromatic carbocycles. The van der Waals surface area contributed by atoms with Crippen molar-refractivity contribution in [2.45, 2.75) is 60.3 Å². The molecule has 0 bridgehead atoms. The van der Waals surface area contributed by atoms with E-state index >= 15 is 0 Å². The van der Waals surface area contributed by atoms with Gasteiger partial charge >= 0.3 is 0 Å². The first-order valence-corrected chi connectivity index (χ1v) is 8.50. The maximum absolute atomic E-state index is 2.40. The Labute approximate surface area is 111 Å². The van der Waals surface area contributed by atoms with Crippen molar-refractivity contribution in [3.63, 3.8) is 0 Å². The Morgan fingerprint density at radius 1 is 1.00 bits per heavy atom. The molecule has 0 fully saturated rings. The van der Waals surface area contributed by atoms with Gasteiger partial charge in [0.2, 0.25) is 0 Å². The van der Waals surface area contributed by atoms with Crippen LogP contribution < -0.4 is 0 Å². The topological polar surface area (TPSA) is 0 Å². The zero-order chi connectivity index (χ0) is 12.4. The van der Waals surface area contributed by atoms with Crippen LogP contribution in [0.15, 0.2) is 10.3 Å². The average Bonchev–Trinajstić information content (AvgIpc) is 2.20. The van der Waals surface area contributed by atoms with Crippen LogP contribution in [0.1, 0.15) is 60.3 Å². The highest BCUT2D eigenvalue weighted by atomic mass is 32.2. The summed E-state index contributed by atoms with van der Waals surface area (Å²) in [7, 11) is 0. The molecule has 16 heavy (non-hydrogen) atoms. The van der Waals surface area contributed by atoms with Crippen LogP contribution in [0.4, 0.5) is 0 Å². The lowest BCUT2D eigenvalue weighted by Crippen LogP contribution is -2.07. The van der Waals surface area contributed by atoms with E-state index in [1.165, 1.54) is 37.2 Å². The van der Waals surface area contributed by atoms with Gasteiger partial charge < -0.3 is 0 Å². The van der Waals surface area contributed by atoms with Gasteiger partial charge in [-0.3, -0.25) is 0 Å².